The van der Waals surface area contributed by atoms with Crippen LogP contribution >= 0.6 is 0 Å². The molecule has 8 heteroatoms. The van der Waals surface area contributed by atoms with E-state index < -0.39 is 10.0 Å². The summed E-state index contributed by atoms with van der Waals surface area (Å²) in [4.78, 5) is 7.90. The molecule has 0 unspecified atom stereocenters. The van der Waals surface area contributed by atoms with Crippen molar-refractivity contribution in [2.75, 3.05) is 12.8 Å². The van der Waals surface area contributed by atoms with E-state index in [2.05, 4.69) is 9.97 Å². The molecule has 2 N–H and O–H groups in total. The van der Waals surface area contributed by atoms with Crippen molar-refractivity contribution in [1.82, 2.24) is 18.8 Å². The van der Waals surface area contributed by atoms with E-state index in [1.54, 1.807) is 24.0 Å². The average Bonchev–Trinajstić information content (AvgIpc) is 2.75. The Morgan fingerprint density at radius 3 is 2.68 bits per heavy atom. The number of rotatable bonds is 4. The summed E-state index contributed by atoms with van der Waals surface area (Å²) in [7, 11) is -0.381. The Morgan fingerprint density at radius 1 is 1.37 bits per heavy atom. The molecular weight excluding hydrogens is 266 g/mol. The lowest BCUT2D eigenvalue weighted by atomic mass is 10.5. The third-order valence-corrected chi connectivity index (χ3v) is 4.62. The monoisotopic (exact) mass is 281 g/mol. The normalized spacial score (nSPS) is 11.9. The molecule has 2 rings (SSSR count). The highest BCUT2D eigenvalue weighted by atomic mass is 32.2. The zero-order valence-electron chi connectivity index (χ0n) is 10.7. The van der Waals surface area contributed by atoms with E-state index >= 15 is 0 Å². The predicted molar refractivity (Wildman–Crippen MR) is 70.5 cm³/mol. The minimum absolute atomic E-state index is 0.00538. The number of aromatic nitrogens is 3. The summed E-state index contributed by atoms with van der Waals surface area (Å²) < 4.78 is 27.7. The number of hydrogen-bond donors (Lipinski definition) is 1. The van der Waals surface area contributed by atoms with Gasteiger partial charge in [0.2, 0.25) is 10.0 Å². The maximum Gasteiger partial charge on any atom is 0.246 e. The van der Waals surface area contributed by atoms with Crippen molar-refractivity contribution in [3.63, 3.8) is 0 Å². The molecule has 0 aliphatic heterocycles. The topological polar surface area (TPSA) is 94.1 Å². The van der Waals surface area contributed by atoms with Gasteiger partial charge in [0.05, 0.1) is 6.54 Å². The smallest absolute Gasteiger partial charge is 0.246 e. The maximum absolute atomic E-state index is 12.4. The van der Waals surface area contributed by atoms with Crippen LogP contribution in [0.3, 0.4) is 0 Å². The number of sulfonamides is 1. The first kappa shape index (κ1) is 13.5. The summed E-state index contributed by atoms with van der Waals surface area (Å²) in [6.07, 6.45) is 4.83. The molecule has 0 aromatic carbocycles. The van der Waals surface area contributed by atoms with Crippen molar-refractivity contribution in [3.8, 4) is 0 Å². The van der Waals surface area contributed by atoms with E-state index in [4.69, 9.17) is 5.73 Å². The fourth-order valence-corrected chi connectivity index (χ4v) is 2.81. The number of nitrogens with two attached hydrogens (primary N) is 1. The number of pyridine rings is 1. The lowest BCUT2D eigenvalue weighted by Crippen LogP contribution is -2.28. The van der Waals surface area contributed by atoms with Gasteiger partial charge in [-0.05, 0) is 12.1 Å². The second-order valence-corrected chi connectivity index (χ2v) is 6.12. The first-order chi connectivity index (χ1) is 8.93. The van der Waals surface area contributed by atoms with Crippen molar-refractivity contribution in [2.24, 2.45) is 7.05 Å². The van der Waals surface area contributed by atoms with Crippen LogP contribution in [0.4, 0.5) is 5.82 Å². The van der Waals surface area contributed by atoms with E-state index in [0.29, 0.717) is 5.82 Å². The molecule has 0 saturated carbocycles. The van der Waals surface area contributed by atoms with E-state index in [9.17, 15) is 8.42 Å². The minimum Gasteiger partial charge on any atom is -0.383 e. The number of hydrogen-bond acceptors (Lipinski definition) is 5. The van der Waals surface area contributed by atoms with Crippen LogP contribution in [0.5, 0.6) is 0 Å². The summed E-state index contributed by atoms with van der Waals surface area (Å²) in [5.74, 6) is 0.641. The van der Waals surface area contributed by atoms with E-state index in [0.717, 1.165) is 0 Å². The van der Waals surface area contributed by atoms with Crippen LogP contribution in [0, 0.1) is 0 Å². The zero-order chi connectivity index (χ0) is 14.0. The summed E-state index contributed by atoms with van der Waals surface area (Å²) in [6, 6.07) is 2.98. The largest absolute Gasteiger partial charge is 0.383 e. The summed E-state index contributed by atoms with van der Waals surface area (Å²) in [5.41, 5.74) is 5.61. The maximum atomic E-state index is 12.4. The Morgan fingerprint density at radius 2 is 2.11 bits per heavy atom. The molecule has 2 aromatic heterocycles. The van der Waals surface area contributed by atoms with Crippen LogP contribution in [0.1, 0.15) is 5.82 Å². The molecule has 0 fully saturated rings. The molecule has 19 heavy (non-hydrogen) atoms. The van der Waals surface area contributed by atoms with Gasteiger partial charge in [0.1, 0.15) is 16.5 Å². The van der Waals surface area contributed by atoms with E-state index in [-0.39, 0.29) is 17.3 Å². The molecule has 2 aromatic rings. The quantitative estimate of drug-likeness (QED) is 0.865. The van der Waals surface area contributed by atoms with Gasteiger partial charge in [0, 0.05) is 32.7 Å². The van der Waals surface area contributed by atoms with Crippen molar-refractivity contribution < 1.29 is 8.42 Å². The van der Waals surface area contributed by atoms with E-state index in [1.165, 1.54) is 29.7 Å². The van der Waals surface area contributed by atoms with Crippen LogP contribution in [0.15, 0.2) is 35.6 Å². The molecule has 102 valence electrons. The van der Waals surface area contributed by atoms with Crippen molar-refractivity contribution >= 4 is 15.8 Å². The molecule has 0 radical (unpaired) electrons. The number of nitrogen functional groups attached to an aromatic ring is 1. The number of imidazole rings is 1. The van der Waals surface area contributed by atoms with Crippen LogP contribution < -0.4 is 5.73 Å². The average molecular weight is 281 g/mol. The summed E-state index contributed by atoms with van der Waals surface area (Å²) >= 11 is 0. The van der Waals surface area contributed by atoms with E-state index in [1.807, 2.05) is 0 Å². The van der Waals surface area contributed by atoms with Gasteiger partial charge in [-0.2, -0.15) is 4.31 Å². The van der Waals surface area contributed by atoms with Crippen molar-refractivity contribution in [3.05, 3.63) is 36.5 Å². The highest BCUT2D eigenvalue weighted by Crippen LogP contribution is 2.20. The molecule has 0 amide bonds. The molecule has 0 saturated heterocycles. The fraction of sp³-hybridized carbons (Fsp3) is 0.273. The number of anilines is 1. The first-order valence-corrected chi connectivity index (χ1v) is 7.00. The second kappa shape index (κ2) is 4.98. The van der Waals surface area contributed by atoms with Gasteiger partial charge in [0.25, 0.3) is 0 Å². The Labute approximate surface area is 111 Å². The molecule has 0 spiro atoms. The van der Waals surface area contributed by atoms with Crippen molar-refractivity contribution in [2.45, 2.75) is 11.4 Å². The SMILES string of the molecule is CN(Cc1nccn1C)S(=O)(=O)c1cccnc1N. The minimum atomic E-state index is -3.67. The Hall–Kier alpha value is -1.93. The Balaban J connectivity index is 2.30. The van der Waals surface area contributed by atoms with Crippen LogP contribution in [0.2, 0.25) is 0 Å². The highest BCUT2D eigenvalue weighted by molar-refractivity contribution is 7.89. The molecule has 0 atom stereocenters. The standard InChI is InChI=1S/C11H15N5O2S/c1-15-7-6-13-10(15)8-16(2)19(17,18)9-4-3-5-14-11(9)12/h3-7H,8H2,1-2H3,(H2,12,14). The number of nitrogens with zero attached hydrogens (tertiary/aromatic N) is 4. The Bertz CT molecular complexity index is 680. The molecule has 0 aliphatic carbocycles. The Kier molecular flexibility index (Phi) is 3.54. The second-order valence-electron chi connectivity index (χ2n) is 4.10. The molecule has 0 aliphatic rings. The lowest BCUT2D eigenvalue weighted by Gasteiger charge is -2.17. The van der Waals surface area contributed by atoms with Gasteiger partial charge < -0.3 is 10.3 Å². The summed E-state index contributed by atoms with van der Waals surface area (Å²) in [6.45, 7) is 0.167. The predicted octanol–water partition coefficient (Wildman–Crippen LogP) is 0.218. The zero-order valence-corrected chi connectivity index (χ0v) is 11.5. The molecule has 2 heterocycles. The van der Waals surface area contributed by atoms with Gasteiger partial charge in [-0.25, -0.2) is 18.4 Å². The summed E-state index contributed by atoms with van der Waals surface area (Å²) in [5, 5.41) is 0. The molecular formula is C11H15N5O2S. The highest BCUT2D eigenvalue weighted by Gasteiger charge is 2.24. The fourth-order valence-electron chi connectivity index (χ4n) is 1.62. The van der Waals surface area contributed by atoms with Gasteiger partial charge in [-0.3, -0.25) is 0 Å². The van der Waals surface area contributed by atoms with Gasteiger partial charge in [-0.15, -0.1) is 0 Å². The van der Waals surface area contributed by atoms with Gasteiger partial charge in [0.15, 0.2) is 0 Å². The molecule has 7 nitrogen and oxygen atoms in total. The van der Waals surface area contributed by atoms with Crippen LogP contribution in [-0.2, 0) is 23.6 Å². The third-order valence-electron chi connectivity index (χ3n) is 2.77. The van der Waals surface area contributed by atoms with Crippen LogP contribution in [0.25, 0.3) is 0 Å². The van der Waals surface area contributed by atoms with Gasteiger partial charge in [-0.1, -0.05) is 0 Å². The van der Waals surface area contributed by atoms with Crippen LogP contribution in [-0.4, -0.2) is 34.3 Å². The number of aryl methyl sites for hydroxylation is 1. The van der Waals surface area contributed by atoms with Crippen molar-refractivity contribution in [1.29, 1.82) is 0 Å². The third kappa shape index (κ3) is 2.59. The lowest BCUT2D eigenvalue weighted by molar-refractivity contribution is 0.451. The van der Waals surface area contributed by atoms with Gasteiger partial charge >= 0.3 is 0 Å². The molecule has 0 bridgehead atoms. The first-order valence-electron chi connectivity index (χ1n) is 5.56.